The van der Waals surface area contributed by atoms with Crippen LogP contribution in [0, 0.1) is 17.8 Å². The van der Waals surface area contributed by atoms with E-state index in [1.807, 2.05) is 4.90 Å². The van der Waals surface area contributed by atoms with E-state index in [1.54, 1.807) is 0 Å². The molecule has 0 bridgehead atoms. The summed E-state index contributed by atoms with van der Waals surface area (Å²) in [6, 6.07) is 0.699. The molecule has 2 heterocycles. The van der Waals surface area contributed by atoms with E-state index in [4.69, 9.17) is 0 Å². The number of hydrogen-bond acceptors (Lipinski definition) is 3. The molecule has 1 aliphatic carbocycles. The first-order valence-electron chi connectivity index (χ1n) is 8.24. The Kier molecular flexibility index (Phi) is 3.95. The van der Waals surface area contributed by atoms with Gasteiger partial charge in [-0.05, 0) is 45.1 Å². The standard InChI is InChI=1S/C16H26N2O3/c1-10-6-13(14(7-10)16(20)21)15(19)18-9-12-4-3-5-17(12)8-11(18)2/h10-14H,3-9H2,1-2H3,(H,20,21)/t10?,11?,12?,13-,14+/m0/s1. The average Bonchev–Trinajstić information content (AvgIpc) is 3.02. The molecular weight excluding hydrogens is 268 g/mol. The SMILES string of the molecule is CC1C[C@H](C(=O)N2CC3CCCN3CC2C)[C@H](C(=O)O)C1. The molecule has 1 N–H and O–H groups in total. The van der Waals surface area contributed by atoms with Gasteiger partial charge in [-0.1, -0.05) is 6.92 Å². The molecule has 1 saturated carbocycles. The summed E-state index contributed by atoms with van der Waals surface area (Å²) in [6.07, 6.45) is 3.76. The predicted molar refractivity (Wildman–Crippen MR) is 78.8 cm³/mol. The third kappa shape index (κ3) is 2.68. The highest BCUT2D eigenvalue weighted by molar-refractivity contribution is 5.85. The van der Waals surface area contributed by atoms with Gasteiger partial charge in [0.1, 0.15) is 0 Å². The number of carbonyl (C=O) groups is 2. The van der Waals surface area contributed by atoms with Crippen LogP contribution in [0.1, 0.15) is 39.5 Å². The molecule has 0 spiro atoms. The molecule has 21 heavy (non-hydrogen) atoms. The van der Waals surface area contributed by atoms with E-state index < -0.39 is 11.9 Å². The predicted octanol–water partition coefficient (Wildman–Crippen LogP) is 1.43. The van der Waals surface area contributed by atoms with Crippen molar-refractivity contribution >= 4 is 11.9 Å². The van der Waals surface area contributed by atoms with Crippen LogP contribution in [0.15, 0.2) is 0 Å². The minimum atomic E-state index is -0.801. The molecule has 0 aromatic rings. The Morgan fingerprint density at radius 1 is 1.10 bits per heavy atom. The van der Waals surface area contributed by atoms with Crippen molar-refractivity contribution in [2.75, 3.05) is 19.6 Å². The van der Waals surface area contributed by atoms with Crippen molar-refractivity contribution in [3.8, 4) is 0 Å². The number of rotatable bonds is 2. The van der Waals surface area contributed by atoms with E-state index >= 15 is 0 Å². The fraction of sp³-hybridized carbons (Fsp3) is 0.875. The van der Waals surface area contributed by atoms with Gasteiger partial charge >= 0.3 is 5.97 Å². The highest BCUT2D eigenvalue weighted by Crippen LogP contribution is 2.38. The number of aliphatic carboxylic acids is 1. The highest BCUT2D eigenvalue weighted by Gasteiger charge is 2.45. The van der Waals surface area contributed by atoms with E-state index in [0.717, 1.165) is 26.1 Å². The summed E-state index contributed by atoms with van der Waals surface area (Å²) < 4.78 is 0. The van der Waals surface area contributed by atoms with Crippen LogP contribution in [0.5, 0.6) is 0 Å². The van der Waals surface area contributed by atoms with Gasteiger partial charge in [-0.25, -0.2) is 0 Å². The van der Waals surface area contributed by atoms with Gasteiger partial charge in [0.05, 0.1) is 11.8 Å². The largest absolute Gasteiger partial charge is 0.481 e. The summed E-state index contributed by atoms with van der Waals surface area (Å²) in [5.74, 6) is -1.17. The van der Waals surface area contributed by atoms with Gasteiger partial charge in [-0.2, -0.15) is 0 Å². The highest BCUT2D eigenvalue weighted by atomic mass is 16.4. The summed E-state index contributed by atoms with van der Waals surface area (Å²) in [5, 5.41) is 9.39. The Hall–Kier alpha value is -1.10. The van der Waals surface area contributed by atoms with E-state index in [9.17, 15) is 14.7 Å². The Morgan fingerprint density at radius 3 is 2.52 bits per heavy atom. The Morgan fingerprint density at radius 2 is 1.81 bits per heavy atom. The molecule has 5 atom stereocenters. The van der Waals surface area contributed by atoms with Crippen molar-refractivity contribution in [1.29, 1.82) is 0 Å². The van der Waals surface area contributed by atoms with E-state index in [1.165, 1.54) is 12.8 Å². The number of hydrogen-bond donors (Lipinski definition) is 1. The van der Waals surface area contributed by atoms with Gasteiger partial charge in [0, 0.05) is 25.2 Å². The normalized spacial score (nSPS) is 40.3. The van der Waals surface area contributed by atoms with E-state index in [-0.39, 0.29) is 17.9 Å². The molecule has 3 rings (SSSR count). The number of piperazine rings is 1. The number of amides is 1. The molecule has 5 heteroatoms. The first kappa shape index (κ1) is 14.8. The molecule has 2 aliphatic heterocycles. The van der Waals surface area contributed by atoms with Crippen LogP contribution in [0.3, 0.4) is 0 Å². The van der Waals surface area contributed by atoms with Crippen molar-refractivity contribution in [3.63, 3.8) is 0 Å². The summed E-state index contributed by atoms with van der Waals surface area (Å²) in [7, 11) is 0. The van der Waals surface area contributed by atoms with Crippen molar-refractivity contribution in [1.82, 2.24) is 9.80 Å². The second-order valence-electron chi connectivity index (χ2n) is 7.26. The Bertz CT molecular complexity index is 439. The minimum absolute atomic E-state index is 0.0887. The lowest BCUT2D eigenvalue weighted by Gasteiger charge is -2.43. The zero-order chi connectivity index (χ0) is 15.1. The average molecular weight is 294 g/mol. The lowest BCUT2D eigenvalue weighted by molar-refractivity contribution is -0.151. The zero-order valence-corrected chi connectivity index (χ0v) is 13.0. The molecule has 3 unspecified atom stereocenters. The van der Waals surface area contributed by atoms with Crippen LogP contribution < -0.4 is 0 Å². The van der Waals surface area contributed by atoms with Crippen LogP contribution in [-0.4, -0.2) is 58.5 Å². The third-order valence-electron chi connectivity index (χ3n) is 5.65. The first-order valence-corrected chi connectivity index (χ1v) is 8.24. The molecule has 0 aromatic carbocycles. The molecule has 5 nitrogen and oxygen atoms in total. The van der Waals surface area contributed by atoms with Crippen molar-refractivity contribution in [2.24, 2.45) is 17.8 Å². The van der Waals surface area contributed by atoms with Crippen molar-refractivity contribution in [2.45, 2.75) is 51.6 Å². The van der Waals surface area contributed by atoms with Crippen LogP contribution in [0.4, 0.5) is 0 Å². The van der Waals surface area contributed by atoms with Crippen LogP contribution in [0.2, 0.25) is 0 Å². The minimum Gasteiger partial charge on any atom is -0.481 e. The maximum absolute atomic E-state index is 12.9. The van der Waals surface area contributed by atoms with Gasteiger partial charge in [0.25, 0.3) is 0 Å². The second-order valence-corrected chi connectivity index (χ2v) is 7.26. The van der Waals surface area contributed by atoms with Gasteiger partial charge < -0.3 is 10.0 Å². The van der Waals surface area contributed by atoms with Crippen LogP contribution >= 0.6 is 0 Å². The third-order valence-corrected chi connectivity index (χ3v) is 5.65. The first-order chi connectivity index (χ1) is 9.97. The Balaban J connectivity index is 1.73. The fourth-order valence-electron chi connectivity index (χ4n) is 4.54. The smallest absolute Gasteiger partial charge is 0.307 e. The van der Waals surface area contributed by atoms with Crippen molar-refractivity contribution in [3.05, 3.63) is 0 Å². The maximum atomic E-state index is 12.9. The van der Waals surface area contributed by atoms with Gasteiger partial charge in [-0.15, -0.1) is 0 Å². The monoisotopic (exact) mass is 294 g/mol. The molecule has 0 radical (unpaired) electrons. The summed E-state index contributed by atoms with van der Waals surface area (Å²) in [6.45, 7) is 7.03. The molecule has 1 amide bonds. The molecule has 0 aromatic heterocycles. The quantitative estimate of drug-likeness (QED) is 0.837. The molecule has 118 valence electrons. The zero-order valence-electron chi connectivity index (χ0n) is 13.0. The number of carboxylic acid groups (broad SMARTS) is 1. The summed E-state index contributed by atoms with van der Waals surface area (Å²) in [5.41, 5.74) is 0. The lowest BCUT2D eigenvalue weighted by atomic mass is 9.93. The molecule has 2 saturated heterocycles. The van der Waals surface area contributed by atoms with Crippen LogP contribution in [-0.2, 0) is 9.59 Å². The van der Waals surface area contributed by atoms with E-state index in [0.29, 0.717) is 18.4 Å². The topological polar surface area (TPSA) is 60.9 Å². The van der Waals surface area contributed by atoms with Gasteiger partial charge in [-0.3, -0.25) is 14.5 Å². The lowest BCUT2D eigenvalue weighted by Crippen LogP contribution is -2.58. The molecule has 3 fully saturated rings. The maximum Gasteiger partial charge on any atom is 0.307 e. The number of nitrogens with zero attached hydrogens (tertiary/aromatic N) is 2. The van der Waals surface area contributed by atoms with Gasteiger partial charge in [0.15, 0.2) is 0 Å². The number of carbonyl (C=O) groups excluding carboxylic acids is 1. The number of carboxylic acids is 1. The summed E-state index contributed by atoms with van der Waals surface area (Å²) in [4.78, 5) is 28.8. The van der Waals surface area contributed by atoms with Crippen molar-refractivity contribution < 1.29 is 14.7 Å². The summed E-state index contributed by atoms with van der Waals surface area (Å²) >= 11 is 0. The second kappa shape index (κ2) is 5.59. The molecular formula is C16H26N2O3. The van der Waals surface area contributed by atoms with Crippen LogP contribution in [0.25, 0.3) is 0 Å². The fourth-order valence-corrected chi connectivity index (χ4v) is 4.54. The number of fused-ring (bicyclic) bond motifs is 1. The van der Waals surface area contributed by atoms with Gasteiger partial charge in [0.2, 0.25) is 5.91 Å². The molecule has 3 aliphatic rings. The Labute approximate surface area is 126 Å². The van der Waals surface area contributed by atoms with E-state index in [2.05, 4.69) is 18.7 Å².